The Kier molecular flexibility index (Phi) is 8.99. The van der Waals surface area contributed by atoms with Gasteiger partial charge in [-0.25, -0.2) is 4.68 Å². The van der Waals surface area contributed by atoms with Crippen molar-refractivity contribution < 1.29 is 14.4 Å². The van der Waals surface area contributed by atoms with Crippen molar-refractivity contribution in [3.8, 4) is 5.75 Å². The molecule has 32 heavy (non-hydrogen) atoms. The summed E-state index contributed by atoms with van der Waals surface area (Å²) >= 11 is 0. The molecule has 1 aromatic heterocycles. The molecule has 0 bridgehead atoms. The lowest BCUT2D eigenvalue weighted by Gasteiger charge is -2.18. The predicted octanol–water partition coefficient (Wildman–Crippen LogP) is 3.27. The summed E-state index contributed by atoms with van der Waals surface area (Å²) in [7, 11) is 1.64. The number of amides is 1. The lowest BCUT2D eigenvalue weighted by atomic mass is 10.1. The predicted molar refractivity (Wildman–Crippen MR) is 125 cm³/mol. The van der Waals surface area contributed by atoms with Crippen LogP contribution in [0.1, 0.15) is 64.4 Å². The molecule has 1 heterocycles. The Morgan fingerprint density at radius 1 is 1.16 bits per heavy atom. The number of benzene rings is 1. The maximum Gasteiger partial charge on any atom is 0.276 e. The van der Waals surface area contributed by atoms with Gasteiger partial charge in [-0.2, -0.15) is 5.10 Å². The molecule has 2 rings (SSSR count). The quantitative estimate of drug-likeness (QED) is 0.450. The van der Waals surface area contributed by atoms with Crippen molar-refractivity contribution in [3.05, 3.63) is 57.5 Å². The largest absolute Gasteiger partial charge is 0.496 e. The Morgan fingerprint density at radius 2 is 1.84 bits per heavy atom. The molecular weight excluding hydrogens is 408 g/mol. The smallest absolute Gasteiger partial charge is 0.276 e. The van der Waals surface area contributed by atoms with Crippen LogP contribution >= 0.6 is 0 Å². The van der Waals surface area contributed by atoms with Crippen molar-refractivity contribution in [3.63, 3.8) is 0 Å². The number of nitrogens with zero attached hydrogens (tertiary/aromatic N) is 3. The molecule has 0 saturated heterocycles. The van der Waals surface area contributed by atoms with Gasteiger partial charge in [-0.1, -0.05) is 23.4 Å². The second kappa shape index (κ2) is 11.5. The van der Waals surface area contributed by atoms with Gasteiger partial charge in [0.25, 0.3) is 5.56 Å². The molecule has 1 aromatic carbocycles. The van der Waals surface area contributed by atoms with Crippen molar-refractivity contribution in [2.75, 3.05) is 7.11 Å². The molecule has 8 heteroatoms. The second-order valence-corrected chi connectivity index (χ2v) is 8.28. The maximum absolute atomic E-state index is 13.2. The van der Waals surface area contributed by atoms with E-state index in [0.29, 0.717) is 29.8 Å². The topological polar surface area (TPSA) is 94.8 Å². The highest BCUT2D eigenvalue weighted by Crippen LogP contribution is 2.19. The van der Waals surface area contributed by atoms with Gasteiger partial charge in [-0.05, 0) is 72.1 Å². The molecule has 8 nitrogen and oxygen atoms in total. The fraction of sp³-hybridized carbons (Fsp3) is 0.500. The highest BCUT2D eigenvalue weighted by atomic mass is 16.6. The molecule has 1 amide bonds. The van der Waals surface area contributed by atoms with Crippen LogP contribution in [-0.2, 0) is 22.5 Å². The van der Waals surface area contributed by atoms with E-state index in [9.17, 15) is 9.59 Å². The monoisotopic (exact) mass is 442 g/mol. The van der Waals surface area contributed by atoms with Crippen LogP contribution in [0.2, 0.25) is 0 Å². The molecule has 0 aliphatic heterocycles. The number of aromatic nitrogens is 2. The maximum atomic E-state index is 13.2. The van der Waals surface area contributed by atoms with Gasteiger partial charge in [0.1, 0.15) is 17.9 Å². The number of ether oxygens (including phenoxy) is 1. The van der Waals surface area contributed by atoms with Gasteiger partial charge in [-0.15, -0.1) is 0 Å². The zero-order valence-corrected chi connectivity index (χ0v) is 20.0. The number of rotatable bonds is 10. The van der Waals surface area contributed by atoms with Gasteiger partial charge in [-0.3, -0.25) is 9.59 Å². The Balaban J connectivity index is 2.46. The number of carbonyl (C=O) groups is 1. The second-order valence-electron chi connectivity index (χ2n) is 8.28. The van der Waals surface area contributed by atoms with Crippen LogP contribution in [0, 0.1) is 0 Å². The highest BCUT2D eigenvalue weighted by Gasteiger charge is 2.22. The molecule has 0 spiro atoms. The number of aryl methyl sites for hydroxylation is 2. The van der Waals surface area contributed by atoms with E-state index in [2.05, 4.69) is 15.6 Å². The van der Waals surface area contributed by atoms with Crippen LogP contribution < -0.4 is 15.6 Å². The van der Waals surface area contributed by atoms with Crippen LogP contribution in [0.5, 0.6) is 5.75 Å². The summed E-state index contributed by atoms with van der Waals surface area (Å²) in [6.45, 7) is 10.8. The Hall–Kier alpha value is -3.16. The first-order valence-electron chi connectivity index (χ1n) is 10.9. The average molecular weight is 443 g/mol. The minimum atomic E-state index is -0.770. The number of para-hydroxylation sites is 1. The molecule has 1 unspecified atom stereocenters. The van der Waals surface area contributed by atoms with Crippen LogP contribution in [0.15, 0.2) is 40.3 Å². The van der Waals surface area contributed by atoms with Crippen LogP contribution in [-0.4, -0.2) is 40.7 Å². The van der Waals surface area contributed by atoms with E-state index in [-0.39, 0.29) is 23.6 Å². The molecule has 2 aromatic rings. The van der Waals surface area contributed by atoms with E-state index >= 15 is 0 Å². The summed E-state index contributed by atoms with van der Waals surface area (Å²) < 4.78 is 6.67. The van der Waals surface area contributed by atoms with Gasteiger partial charge < -0.3 is 14.9 Å². The average Bonchev–Trinajstić information content (AvgIpc) is 2.75. The Bertz CT molecular complexity index is 1010. The normalized spacial score (nSPS) is 12.7. The molecule has 0 aliphatic carbocycles. The van der Waals surface area contributed by atoms with E-state index < -0.39 is 6.04 Å². The SMILES string of the molecule is COc1ccccc1CCc1cc(C(C)=NOC(C)C)c(=O)n(C(C)C(=O)NC(C)C)n1. The lowest BCUT2D eigenvalue weighted by Crippen LogP contribution is -2.41. The summed E-state index contributed by atoms with van der Waals surface area (Å²) in [4.78, 5) is 31.1. The first-order valence-corrected chi connectivity index (χ1v) is 10.9. The fourth-order valence-electron chi connectivity index (χ4n) is 3.13. The molecule has 0 radical (unpaired) electrons. The number of methoxy groups -OCH3 is 1. The molecule has 0 aliphatic rings. The van der Waals surface area contributed by atoms with E-state index in [1.54, 1.807) is 27.0 Å². The Morgan fingerprint density at radius 3 is 2.47 bits per heavy atom. The molecular formula is C24H34N4O4. The minimum absolute atomic E-state index is 0.0448. The van der Waals surface area contributed by atoms with E-state index in [1.807, 2.05) is 52.0 Å². The van der Waals surface area contributed by atoms with Gasteiger partial charge >= 0.3 is 0 Å². The van der Waals surface area contributed by atoms with Crippen molar-refractivity contribution >= 4 is 11.6 Å². The van der Waals surface area contributed by atoms with E-state index in [1.165, 1.54) is 4.68 Å². The standard InChI is InChI=1S/C24H34N4O4/c1-15(2)25-23(29)18(6)28-24(30)21(17(5)27-32-16(3)4)14-20(26-28)13-12-19-10-8-9-11-22(19)31-7/h8-11,14-16,18H,12-13H2,1-7H3,(H,25,29). The third-order valence-corrected chi connectivity index (χ3v) is 4.80. The third-order valence-electron chi connectivity index (χ3n) is 4.80. The lowest BCUT2D eigenvalue weighted by molar-refractivity contribution is -0.124. The van der Waals surface area contributed by atoms with Gasteiger partial charge in [0.2, 0.25) is 5.91 Å². The van der Waals surface area contributed by atoms with Crippen molar-refractivity contribution in [2.45, 2.75) is 72.6 Å². The molecule has 0 saturated carbocycles. The first kappa shape index (κ1) is 25.1. The number of nitrogens with one attached hydrogen (secondary N) is 1. The molecule has 1 N–H and O–H groups in total. The first-order chi connectivity index (χ1) is 15.1. The Labute approximate surface area is 189 Å². The van der Waals surface area contributed by atoms with Gasteiger partial charge in [0.05, 0.1) is 24.1 Å². The number of hydrogen-bond donors (Lipinski definition) is 1. The van der Waals surface area contributed by atoms with Gasteiger partial charge in [0, 0.05) is 6.04 Å². The minimum Gasteiger partial charge on any atom is -0.496 e. The summed E-state index contributed by atoms with van der Waals surface area (Å²) in [6, 6.07) is 8.69. The van der Waals surface area contributed by atoms with E-state index in [0.717, 1.165) is 11.3 Å². The molecule has 1 atom stereocenters. The van der Waals surface area contributed by atoms with Crippen molar-refractivity contribution in [1.29, 1.82) is 0 Å². The summed E-state index contributed by atoms with van der Waals surface area (Å²) in [5.74, 6) is 0.532. The number of carbonyl (C=O) groups excluding carboxylic acids is 1. The third kappa shape index (κ3) is 6.67. The molecule has 0 fully saturated rings. The fourth-order valence-corrected chi connectivity index (χ4v) is 3.13. The number of oxime groups is 1. The van der Waals surface area contributed by atoms with Crippen molar-refractivity contribution in [1.82, 2.24) is 15.1 Å². The highest BCUT2D eigenvalue weighted by molar-refractivity contribution is 5.98. The zero-order valence-electron chi connectivity index (χ0n) is 20.0. The van der Waals surface area contributed by atoms with Crippen LogP contribution in [0.25, 0.3) is 0 Å². The summed E-state index contributed by atoms with van der Waals surface area (Å²) in [6.07, 6.45) is 1.11. The number of hydrogen-bond acceptors (Lipinski definition) is 6. The molecule has 174 valence electrons. The summed E-state index contributed by atoms with van der Waals surface area (Å²) in [5, 5.41) is 11.4. The van der Waals surface area contributed by atoms with Gasteiger partial charge in [0.15, 0.2) is 0 Å². The zero-order chi connectivity index (χ0) is 23.8. The van der Waals surface area contributed by atoms with Crippen molar-refractivity contribution in [2.24, 2.45) is 5.16 Å². The summed E-state index contributed by atoms with van der Waals surface area (Å²) in [5.41, 5.74) is 2.13. The van der Waals surface area contributed by atoms with E-state index in [4.69, 9.17) is 9.57 Å². The van der Waals surface area contributed by atoms with Crippen LogP contribution in [0.3, 0.4) is 0 Å². The van der Waals surface area contributed by atoms with Crippen LogP contribution in [0.4, 0.5) is 0 Å².